The van der Waals surface area contributed by atoms with Gasteiger partial charge in [-0.3, -0.25) is 4.79 Å². The minimum absolute atomic E-state index is 0.0480. The van der Waals surface area contributed by atoms with E-state index < -0.39 is 21.8 Å². The Morgan fingerprint density at radius 3 is 2.50 bits per heavy atom. The second kappa shape index (κ2) is 9.97. The number of carbonyl (C=O) groups is 1. The van der Waals surface area contributed by atoms with E-state index in [1.807, 2.05) is 23.8 Å². The summed E-state index contributed by atoms with van der Waals surface area (Å²) < 4.78 is 66.5. The molecule has 9 heteroatoms. The van der Waals surface area contributed by atoms with E-state index in [2.05, 4.69) is 4.72 Å². The van der Waals surface area contributed by atoms with Gasteiger partial charge in [0.15, 0.2) is 0 Å². The average Bonchev–Trinajstić information content (AvgIpc) is 3.26. The van der Waals surface area contributed by atoms with Gasteiger partial charge in [-0.05, 0) is 63.7 Å². The minimum Gasteiger partial charge on any atom is -0.299 e. The largest absolute Gasteiger partial charge is 0.416 e. The summed E-state index contributed by atoms with van der Waals surface area (Å²) in [5.41, 5.74) is 1.53. The molecule has 0 amide bonds. The maximum atomic E-state index is 13.0. The predicted molar refractivity (Wildman–Crippen MR) is 119 cm³/mol. The fourth-order valence-electron chi connectivity index (χ4n) is 3.26. The Balaban J connectivity index is 1.90. The van der Waals surface area contributed by atoms with Gasteiger partial charge in [-0.15, -0.1) is 0 Å². The first-order valence-electron chi connectivity index (χ1n) is 9.93. The lowest BCUT2D eigenvalue weighted by Gasteiger charge is -2.13. The van der Waals surface area contributed by atoms with Crippen LogP contribution < -0.4 is 4.72 Å². The Labute approximate surface area is 189 Å². The molecule has 3 rings (SSSR count). The molecule has 0 unspecified atom stereocenters. The zero-order valence-corrected chi connectivity index (χ0v) is 18.9. The van der Waals surface area contributed by atoms with Crippen LogP contribution in [0.15, 0.2) is 64.2 Å². The zero-order valence-electron chi connectivity index (χ0n) is 17.3. The van der Waals surface area contributed by atoms with Crippen LogP contribution in [-0.4, -0.2) is 20.7 Å². The van der Waals surface area contributed by atoms with Crippen molar-refractivity contribution >= 4 is 27.1 Å². The van der Waals surface area contributed by atoms with Crippen LogP contribution in [0.4, 0.5) is 13.2 Å². The van der Waals surface area contributed by atoms with Crippen molar-refractivity contribution in [3.63, 3.8) is 0 Å². The van der Waals surface area contributed by atoms with Gasteiger partial charge in [0.05, 0.1) is 10.5 Å². The fourth-order valence-corrected chi connectivity index (χ4v) is 5.10. The molecule has 0 atom stereocenters. The molecule has 3 aromatic rings. The van der Waals surface area contributed by atoms with Crippen molar-refractivity contribution < 1.29 is 26.4 Å². The van der Waals surface area contributed by atoms with E-state index in [4.69, 9.17) is 0 Å². The molecule has 0 saturated carbocycles. The van der Waals surface area contributed by atoms with Gasteiger partial charge in [-0.2, -0.15) is 24.5 Å². The van der Waals surface area contributed by atoms with Crippen LogP contribution in [0.25, 0.3) is 11.1 Å². The summed E-state index contributed by atoms with van der Waals surface area (Å²) in [6, 6.07) is 11.2. The molecule has 0 spiro atoms. The number of hydrogen-bond donors (Lipinski definition) is 1. The summed E-state index contributed by atoms with van der Waals surface area (Å²) in [5.74, 6) is -0.308. The second-order valence-electron chi connectivity index (χ2n) is 7.32. The summed E-state index contributed by atoms with van der Waals surface area (Å²) in [6.45, 7) is 2.14. The molecular formula is C23H22F3NO3S2. The molecule has 0 saturated heterocycles. The van der Waals surface area contributed by atoms with E-state index >= 15 is 0 Å². The summed E-state index contributed by atoms with van der Waals surface area (Å²) in [7, 11) is -3.73. The van der Waals surface area contributed by atoms with Gasteiger partial charge in [0.2, 0.25) is 10.0 Å². The number of Topliss-reactive ketones (excluding diaryl/α,β-unsaturated/α-hetero) is 1. The molecule has 32 heavy (non-hydrogen) atoms. The second-order valence-corrected chi connectivity index (χ2v) is 9.87. The van der Waals surface area contributed by atoms with Gasteiger partial charge in [-0.1, -0.05) is 31.2 Å². The van der Waals surface area contributed by atoms with Crippen molar-refractivity contribution in [2.75, 3.05) is 6.54 Å². The Morgan fingerprint density at radius 1 is 1.06 bits per heavy atom. The lowest BCUT2D eigenvalue weighted by Crippen LogP contribution is -2.24. The first-order chi connectivity index (χ1) is 15.1. The highest BCUT2D eigenvalue weighted by molar-refractivity contribution is 7.89. The average molecular weight is 482 g/mol. The van der Waals surface area contributed by atoms with E-state index in [-0.39, 0.29) is 29.1 Å². The van der Waals surface area contributed by atoms with Crippen LogP contribution in [0, 0.1) is 0 Å². The molecule has 1 N–H and O–H groups in total. The van der Waals surface area contributed by atoms with E-state index in [1.165, 1.54) is 35.6 Å². The van der Waals surface area contributed by atoms with E-state index in [0.29, 0.717) is 18.5 Å². The van der Waals surface area contributed by atoms with Crippen molar-refractivity contribution in [1.29, 1.82) is 0 Å². The highest BCUT2D eigenvalue weighted by atomic mass is 32.2. The number of benzene rings is 2. The molecule has 0 radical (unpaired) electrons. The number of rotatable bonds is 9. The molecule has 0 aliphatic rings. The molecule has 4 nitrogen and oxygen atoms in total. The molecule has 0 bridgehead atoms. The summed E-state index contributed by atoms with van der Waals surface area (Å²) in [6.07, 6.45) is -4.13. The van der Waals surface area contributed by atoms with Crippen molar-refractivity contribution in [3.05, 3.63) is 76.0 Å². The number of alkyl halides is 3. The quantitative estimate of drug-likeness (QED) is 0.440. The third-order valence-corrected chi connectivity index (χ3v) is 6.95. The Hall–Kier alpha value is -2.49. The number of thiophene rings is 1. The number of ketones is 1. The molecule has 2 aromatic carbocycles. The van der Waals surface area contributed by atoms with Crippen molar-refractivity contribution in [3.8, 4) is 11.1 Å². The number of sulfonamides is 1. The minimum atomic E-state index is -4.49. The fraction of sp³-hybridized carbons (Fsp3) is 0.261. The number of halogens is 3. The SMILES string of the molecule is CCCNS(=O)(=O)c1ccc(-c2ccsc2)c(CC(=O)Cc2cccc(C(F)(F)F)c2)c1. The summed E-state index contributed by atoms with van der Waals surface area (Å²) in [4.78, 5) is 12.8. The van der Waals surface area contributed by atoms with E-state index in [1.54, 1.807) is 6.07 Å². The van der Waals surface area contributed by atoms with Crippen molar-refractivity contribution in [2.45, 2.75) is 37.3 Å². The molecule has 1 heterocycles. The molecule has 170 valence electrons. The Kier molecular flexibility index (Phi) is 7.53. The number of nitrogens with one attached hydrogen (secondary N) is 1. The van der Waals surface area contributed by atoms with Crippen LogP contribution in [0.3, 0.4) is 0 Å². The highest BCUT2D eigenvalue weighted by Crippen LogP contribution is 2.31. The Morgan fingerprint density at radius 2 is 1.84 bits per heavy atom. The van der Waals surface area contributed by atoms with Gasteiger partial charge in [0, 0.05) is 19.4 Å². The van der Waals surface area contributed by atoms with Crippen LogP contribution in [0.1, 0.15) is 30.0 Å². The van der Waals surface area contributed by atoms with Gasteiger partial charge in [0.25, 0.3) is 0 Å². The first kappa shape index (κ1) is 24.2. The lowest BCUT2D eigenvalue weighted by atomic mass is 9.95. The van der Waals surface area contributed by atoms with Gasteiger partial charge in [0.1, 0.15) is 5.78 Å². The molecule has 0 aliphatic heterocycles. The van der Waals surface area contributed by atoms with E-state index in [0.717, 1.165) is 23.3 Å². The maximum Gasteiger partial charge on any atom is 0.416 e. The first-order valence-corrected chi connectivity index (χ1v) is 12.4. The predicted octanol–water partition coefficient (Wildman–Crippen LogP) is 5.48. The molecule has 0 aliphatic carbocycles. The normalized spacial score (nSPS) is 12.1. The molecule has 0 fully saturated rings. The van der Waals surface area contributed by atoms with Gasteiger partial charge < -0.3 is 0 Å². The number of hydrogen-bond acceptors (Lipinski definition) is 4. The van der Waals surface area contributed by atoms with Crippen molar-refractivity contribution in [1.82, 2.24) is 4.72 Å². The maximum absolute atomic E-state index is 13.0. The van der Waals surface area contributed by atoms with Crippen LogP contribution in [0.5, 0.6) is 0 Å². The van der Waals surface area contributed by atoms with Gasteiger partial charge in [-0.25, -0.2) is 13.1 Å². The van der Waals surface area contributed by atoms with Crippen LogP contribution in [0.2, 0.25) is 0 Å². The van der Waals surface area contributed by atoms with Crippen LogP contribution in [-0.2, 0) is 33.8 Å². The third kappa shape index (κ3) is 6.05. The molecule has 1 aromatic heterocycles. The smallest absolute Gasteiger partial charge is 0.299 e. The topological polar surface area (TPSA) is 63.2 Å². The van der Waals surface area contributed by atoms with Crippen LogP contribution >= 0.6 is 11.3 Å². The van der Waals surface area contributed by atoms with Crippen molar-refractivity contribution in [2.24, 2.45) is 0 Å². The lowest BCUT2D eigenvalue weighted by molar-refractivity contribution is -0.137. The standard InChI is InChI=1S/C23H22F3NO3S2/c1-2-9-27-32(29,30)21-6-7-22(17-8-10-31-15-17)18(14-21)13-20(28)12-16-4-3-5-19(11-16)23(24,25)26/h3-8,10-11,14-15,27H,2,9,12-13H2,1H3. The summed E-state index contributed by atoms with van der Waals surface area (Å²) in [5, 5.41) is 3.76. The van der Waals surface area contributed by atoms with Gasteiger partial charge >= 0.3 is 6.18 Å². The zero-order chi connectivity index (χ0) is 23.4. The van der Waals surface area contributed by atoms with E-state index in [9.17, 15) is 26.4 Å². The third-order valence-electron chi connectivity index (χ3n) is 4.80. The highest BCUT2D eigenvalue weighted by Gasteiger charge is 2.30. The molecular weight excluding hydrogens is 459 g/mol. The monoisotopic (exact) mass is 481 g/mol. The Bertz CT molecular complexity index is 1190. The summed E-state index contributed by atoms with van der Waals surface area (Å²) >= 11 is 1.47. The number of carbonyl (C=O) groups excluding carboxylic acids is 1.